The highest BCUT2D eigenvalue weighted by Gasteiger charge is 2.04. The average molecular weight is 298 g/mol. The zero-order valence-electron chi connectivity index (χ0n) is 12.6. The second-order valence-electron chi connectivity index (χ2n) is 4.68. The third-order valence-corrected chi connectivity index (χ3v) is 2.72. The van der Waals surface area contributed by atoms with Gasteiger partial charge in [-0.05, 0) is 18.6 Å². The molecule has 0 saturated heterocycles. The predicted octanol–water partition coefficient (Wildman–Crippen LogP) is 0.805. The second kappa shape index (κ2) is 9.79. The van der Waals surface area contributed by atoms with Crippen molar-refractivity contribution in [1.82, 2.24) is 15.5 Å². The number of halogens is 1. The fourth-order valence-electron chi connectivity index (χ4n) is 1.49. The van der Waals surface area contributed by atoms with Gasteiger partial charge < -0.3 is 20.0 Å². The van der Waals surface area contributed by atoms with Gasteiger partial charge in [0.25, 0.3) is 0 Å². The van der Waals surface area contributed by atoms with Crippen LogP contribution < -0.4 is 10.6 Å². The quantitative estimate of drug-likeness (QED) is 0.423. The molecule has 0 unspecified atom stereocenters. The molecule has 1 aromatic rings. The van der Waals surface area contributed by atoms with Crippen molar-refractivity contribution in [1.29, 1.82) is 0 Å². The molecule has 0 saturated carbocycles. The Morgan fingerprint density at radius 2 is 2.14 bits per heavy atom. The molecule has 1 aromatic heterocycles. The fourth-order valence-corrected chi connectivity index (χ4v) is 1.49. The monoisotopic (exact) mass is 298 g/mol. The van der Waals surface area contributed by atoms with E-state index in [1.165, 1.54) is 4.90 Å². The molecule has 6 nitrogen and oxygen atoms in total. The van der Waals surface area contributed by atoms with Crippen LogP contribution >= 0.6 is 0 Å². The Bertz CT molecular complexity index is 432. The van der Waals surface area contributed by atoms with E-state index in [0.29, 0.717) is 31.9 Å². The Morgan fingerprint density at radius 1 is 1.38 bits per heavy atom. The Labute approximate surface area is 124 Å². The Hall–Kier alpha value is -2.05. The number of carbonyl (C=O) groups excluding carboxylic acids is 1. The first-order valence-electron chi connectivity index (χ1n) is 6.94. The van der Waals surface area contributed by atoms with Crippen molar-refractivity contribution in [2.75, 3.05) is 40.4 Å². The van der Waals surface area contributed by atoms with Gasteiger partial charge in [-0.2, -0.15) is 0 Å². The second-order valence-corrected chi connectivity index (χ2v) is 4.68. The van der Waals surface area contributed by atoms with Gasteiger partial charge in [-0.15, -0.1) is 0 Å². The molecule has 0 radical (unpaired) electrons. The number of furan rings is 1. The number of rotatable bonds is 8. The zero-order chi connectivity index (χ0) is 15.5. The number of guanidine groups is 1. The van der Waals surface area contributed by atoms with Gasteiger partial charge >= 0.3 is 0 Å². The number of aliphatic imine (C=N–C) groups is 1. The van der Waals surface area contributed by atoms with E-state index in [-0.39, 0.29) is 19.1 Å². The van der Waals surface area contributed by atoms with Gasteiger partial charge in [0, 0.05) is 33.6 Å². The first kappa shape index (κ1) is 17.0. The van der Waals surface area contributed by atoms with Gasteiger partial charge in [0.15, 0.2) is 5.96 Å². The molecule has 118 valence electrons. The van der Waals surface area contributed by atoms with E-state index in [9.17, 15) is 9.18 Å². The topological polar surface area (TPSA) is 69.9 Å². The van der Waals surface area contributed by atoms with Crippen LogP contribution in [0.4, 0.5) is 4.39 Å². The lowest BCUT2D eigenvalue weighted by Gasteiger charge is -2.13. The van der Waals surface area contributed by atoms with Crippen LogP contribution in [0.1, 0.15) is 12.2 Å². The van der Waals surface area contributed by atoms with Crippen LogP contribution in [0.3, 0.4) is 0 Å². The third kappa shape index (κ3) is 7.34. The average Bonchev–Trinajstić information content (AvgIpc) is 2.97. The Morgan fingerprint density at radius 3 is 2.76 bits per heavy atom. The maximum Gasteiger partial charge on any atom is 0.243 e. The predicted molar refractivity (Wildman–Crippen MR) is 80.0 cm³/mol. The molecule has 0 atom stereocenters. The van der Waals surface area contributed by atoms with Crippen LogP contribution in [0.5, 0.6) is 0 Å². The van der Waals surface area contributed by atoms with E-state index >= 15 is 0 Å². The fraction of sp³-hybridized carbons (Fsp3) is 0.571. The summed E-state index contributed by atoms with van der Waals surface area (Å²) in [5.41, 5.74) is 0. The van der Waals surface area contributed by atoms with E-state index in [1.54, 1.807) is 20.4 Å². The summed E-state index contributed by atoms with van der Waals surface area (Å²) in [6.07, 6.45) is 2.73. The number of hydrogen-bond donors (Lipinski definition) is 2. The highest BCUT2D eigenvalue weighted by molar-refractivity contribution is 5.84. The molecule has 0 bridgehead atoms. The minimum Gasteiger partial charge on any atom is -0.469 e. The summed E-state index contributed by atoms with van der Waals surface area (Å²) in [6, 6.07) is 3.73. The van der Waals surface area contributed by atoms with Crippen molar-refractivity contribution in [2.24, 2.45) is 4.99 Å². The van der Waals surface area contributed by atoms with Crippen molar-refractivity contribution in [3.8, 4) is 0 Å². The number of hydrogen-bond acceptors (Lipinski definition) is 3. The summed E-state index contributed by atoms with van der Waals surface area (Å²) in [4.78, 5) is 17.2. The van der Waals surface area contributed by atoms with E-state index in [0.717, 1.165) is 5.76 Å². The number of alkyl halides is 1. The number of nitrogens with one attached hydrogen (secondary N) is 2. The van der Waals surface area contributed by atoms with Crippen LogP contribution in [-0.4, -0.2) is 57.2 Å². The highest BCUT2D eigenvalue weighted by atomic mass is 19.1. The number of likely N-dealkylation sites (N-methyl/N-ethyl adjacent to an activating group) is 1. The van der Waals surface area contributed by atoms with Crippen LogP contribution in [0.2, 0.25) is 0 Å². The Kier molecular flexibility index (Phi) is 7.93. The van der Waals surface area contributed by atoms with Crippen LogP contribution in [0, 0.1) is 0 Å². The summed E-state index contributed by atoms with van der Waals surface area (Å²) in [6.45, 7) is 0.756. The first-order chi connectivity index (χ1) is 10.1. The summed E-state index contributed by atoms with van der Waals surface area (Å²) in [5, 5.41) is 6.09. The molecule has 0 fully saturated rings. The molecule has 0 aliphatic rings. The Balaban J connectivity index is 2.42. The molecular weight excluding hydrogens is 275 g/mol. The van der Waals surface area contributed by atoms with Crippen molar-refractivity contribution < 1.29 is 13.6 Å². The molecule has 0 aliphatic heterocycles. The third-order valence-electron chi connectivity index (χ3n) is 2.72. The van der Waals surface area contributed by atoms with Gasteiger partial charge in [-0.1, -0.05) is 0 Å². The van der Waals surface area contributed by atoms with Gasteiger partial charge in [-0.25, -0.2) is 4.99 Å². The highest BCUT2D eigenvalue weighted by Crippen LogP contribution is 1.99. The SMILES string of the molecule is CN(C)C(=O)CN=C(NCCCF)NCCc1ccco1. The smallest absolute Gasteiger partial charge is 0.243 e. The van der Waals surface area contributed by atoms with Crippen LogP contribution in [0.15, 0.2) is 27.8 Å². The van der Waals surface area contributed by atoms with Crippen molar-refractivity contribution >= 4 is 11.9 Å². The van der Waals surface area contributed by atoms with Gasteiger partial charge in [0.2, 0.25) is 5.91 Å². The molecule has 1 heterocycles. The number of nitrogens with zero attached hydrogens (tertiary/aromatic N) is 2. The van der Waals surface area contributed by atoms with Crippen LogP contribution in [0.25, 0.3) is 0 Å². The van der Waals surface area contributed by atoms with Gasteiger partial charge in [-0.3, -0.25) is 9.18 Å². The van der Waals surface area contributed by atoms with E-state index in [4.69, 9.17) is 4.42 Å². The summed E-state index contributed by atoms with van der Waals surface area (Å²) >= 11 is 0. The molecule has 0 spiro atoms. The molecule has 7 heteroatoms. The number of amides is 1. The largest absolute Gasteiger partial charge is 0.469 e. The lowest BCUT2D eigenvalue weighted by atomic mass is 10.3. The maximum atomic E-state index is 12.1. The van der Waals surface area contributed by atoms with Crippen molar-refractivity contribution in [3.63, 3.8) is 0 Å². The lowest BCUT2D eigenvalue weighted by Crippen LogP contribution is -2.40. The van der Waals surface area contributed by atoms with Gasteiger partial charge in [0.05, 0.1) is 12.9 Å². The molecule has 0 aliphatic carbocycles. The molecule has 21 heavy (non-hydrogen) atoms. The molecule has 2 N–H and O–H groups in total. The normalized spacial score (nSPS) is 11.3. The standard InChI is InChI=1S/C14H23FN4O2/c1-19(2)13(20)11-18-14(16-8-4-7-15)17-9-6-12-5-3-10-21-12/h3,5,10H,4,6-9,11H2,1-2H3,(H2,16,17,18). The van der Waals surface area contributed by atoms with Crippen LogP contribution in [-0.2, 0) is 11.2 Å². The van der Waals surface area contributed by atoms with Gasteiger partial charge in [0.1, 0.15) is 12.3 Å². The molecular formula is C14H23FN4O2. The van der Waals surface area contributed by atoms with Crippen molar-refractivity contribution in [2.45, 2.75) is 12.8 Å². The van der Waals surface area contributed by atoms with E-state index < -0.39 is 0 Å². The summed E-state index contributed by atoms with van der Waals surface area (Å²) in [7, 11) is 3.36. The minimum absolute atomic E-state index is 0.0543. The first-order valence-corrected chi connectivity index (χ1v) is 6.94. The molecule has 0 aromatic carbocycles. The lowest BCUT2D eigenvalue weighted by molar-refractivity contribution is -0.127. The van der Waals surface area contributed by atoms with E-state index in [1.807, 2.05) is 12.1 Å². The number of carbonyl (C=O) groups is 1. The molecule has 1 amide bonds. The maximum absolute atomic E-state index is 12.1. The van der Waals surface area contributed by atoms with Crippen molar-refractivity contribution in [3.05, 3.63) is 24.2 Å². The molecule has 1 rings (SSSR count). The van der Waals surface area contributed by atoms with E-state index in [2.05, 4.69) is 15.6 Å². The zero-order valence-corrected chi connectivity index (χ0v) is 12.6. The minimum atomic E-state index is -0.386. The summed E-state index contributed by atoms with van der Waals surface area (Å²) in [5.74, 6) is 1.29. The summed E-state index contributed by atoms with van der Waals surface area (Å²) < 4.78 is 17.4.